The molecule has 1 aliphatic carbocycles. The summed E-state index contributed by atoms with van der Waals surface area (Å²) in [6.45, 7) is -0.119. The minimum absolute atomic E-state index is 0.0196. The van der Waals surface area contributed by atoms with Crippen molar-refractivity contribution < 1.29 is 19.4 Å². The van der Waals surface area contributed by atoms with Crippen molar-refractivity contribution in [2.75, 3.05) is 7.11 Å². The van der Waals surface area contributed by atoms with Gasteiger partial charge >= 0.3 is 0 Å². The molecule has 8 nitrogen and oxygen atoms in total. The van der Waals surface area contributed by atoms with E-state index in [0.29, 0.717) is 43.4 Å². The molecule has 0 radical (unpaired) electrons. The Hall–Kier alpha value is -3.69. The fourth-order valence-corrected chi connectivity index (χ4v) is 5.54. The SMILES string of the molecule is COc1ccc(-c2nc3sc4c(O)c(CO)ccc4c3c(=O)n2Cc2cnco2)c(C2CC2)c1. The van der Waals surface area contributed by atoms with Gasteiger partial charge in [0.25, 0.3) is 5.56 Å². The molecule has 0 saturated heterocycles. The van der Waals surface area contributed by atoms with Gasteiger partial charge in [0, 0.05) is 16.5 Å². The van der Waals surface area contributed by atoms with Gasteiger partial charge in [-0.15, -0.1) is 11.3 Å². The van der Waals surface area contributed by atoms with Gasteiger partial charge in [0.2, 0.25) is 0 Å². The quantitative estimate of drug-likeness (QED) is 0.374. The number of ether oxygens (including phenoxy) is 1. The number of rotatable bonds is 6. The number of fused-ring (bicyclic) bond motifs is 3. The predicted molar refractivity (Wildman–Crippen MR) is 129 cm³/mol. The Morgan fingerprint density at radius 3 is 2.82 bits per heavy atom. The summed E-state index contributed by atoms with van der Waals surface area (Å²) in [5.41, 5.74) is 2.16. The van der Waals surface area contributed by atoms with Crippen molar-refractivity contribution in [3.8, 4) is 22.9 Å². The molecule has 1 aliphatic rings. The fraction of sp³-hybridized carbons (Fsp3) is 0.240. The molecule has 5 aromatic rings. The highest BCUT2D eigenvalue weighted by molar-refractivity contribution is 7.25. The van der Waals surface area contributed by atoms with Crippen molar-refractivity contribution in [2.45, 2.75) is 31.9 Å². The van der Waals surface area contributed by atoms with Crippen LogP contribution in [-0.2, 0) is 13.2 Å². The first-order valence-corrected chi connectivity index (χ1v) is 11.7. The molecule has 1 fully saturated rings. The molecule has 0 unspecified atom stereocenters. The molecule has 6 rings (SSSR count). The zero-order chi connectivity index (χ0) is 23.4. The molecule has 34 heavy (non-hydrogen) atoms. The third-order valence-corrected chi connectivity index (χ3v) is 7.41. The highest BCUT2D eigenvalue weighted by atomic mass is 32.1. The molecule has 3 heterocycles. The maximum absolute atomic E-state index is 13.9. The Morgan fingerprint density at radius 2 is 2.12 bits per heavy atom. The monoisotopic (exact) mass is 475 g/mol. The molecule has 2 N–H and O–H groups in total. The van der Waals surface area contributed by atoms with Crippen LogP contribution in [-0.4, -0.2) is 31.9 Å². The molecular formula is C25H21N3O5S. The van der Waals surface area contributed by atoms with E-state index in [1.165, 1.54) is 17.7 Å². The van der Waals surface area contributed by atoms with Gasteiger partial charge in [-0.25, -0.2) is 9.97 Å². The Kier molecular flexibility index (Phi) is 4.89. The van der Waals surface area contributed by atoms with Crippen molar-refractivity contribution in [3.05, 3.63) is 70.2 Å². The van der Waals surface area contributed by atoms with Gasteiger partial charge in [0.15, 0.2) is 6.39 Å². The normalized spacial score (nSPS) is 13.7. The van der Waals surface area contributed by atoms with Crippen LogP contribution in [0.15, 0.2) is 52.1 Å². The Bertz CT molecular complexity index is 1600. The van der Waals surface area contributed by atoms with Crippen LogP contribution in [0.3, 0.4) is 0 Å². The third kappa shape index (κ3) is 3.27. The van der Waals surface area contributed by atoms with Crippen molar-refractivity contribution in [2.24, 2.45) is 0 Å². The maximum Gasteiger partial charge on any atom is 0.263 e. The average Bonchev–Trinajstić information content (AvgIpc) is 3.44. The Morgan fingerprint density at radius 1 is 1.26 bits per heavy atom. The third-order valence-electron chi connectivity index (χ3n) is 6.30. The number of methoxy groups -OCH3 is 1. The van der Waals surface area contributed by atoms with Gasteiger partial charge in [-0.05, 0) is 42.5 Å². The number of aromatic hydroxyl groups is 1. The van der Waals surface area contributed by atoms with E-state index < -0.39 is 0 Å². The van der Waals surface area contributed by atoms with Gasteiger partial charge in [-0.1, -0.05) is 12.1 Å². The summed E-state index contributed by atoms with van der Waals surface area (Å²) < 4.78 is 13.1. The number of aliphatic hydroxyl groups excluding tert-OH is 1. The van der Waals surface area contributed by atoms with Gasteiger partial charge in [0.05, 0.1) is 36.5 Å². The van der Waals surface area contributed by atoms with E-state index >= 15 is 0 Å². The molecule has 0 atom stereocenters. The number of hydrogen-bond acceptors (Lipinski definition) is 8. The van der Waals surface area contributed by atoms with Crippen LogP contribution in [0.2, 0.25) is 0 Å². The first-order valence-electron chi connectivity index (χ1n) is 10.9. The highest BCUT2D eigenvalue weighted by Crippen LogP contribution is 2.46. The smallest absolute Gasteiger partial charge is 0.263 e. The lowest BCUT2D eigenvalue weighted by atomic mass is 10.0. The predicted octanol–water partition coefficient (Wildman–Crippen LogP) is 4.40. The van der Waals surface area contributed by atoms with Crippen LogP contribution in [0, 0.1) is 0 Å². The molecule has 2 aromatic carbocycles. The van der Waals surface area contributed by atoms with E-state index in [-0.39, 0.29) is 24.5 Å². The standard InChI is InChI=1S/C25H21N3O5S/c1-32-15-5-7-17(19(8-15)13-2-3-13)23-27-24-20(25(31)28(23)10-16-9-26-12-33-16)18-6-4-14(11-29)21(30)22(18)34-24/h4-9,12-13,29-30H,2-3,10-11H2,1H3. The molecule has 9 heteroatoms. The lowest BCUT2D eigenvalue weighted by Gasteiger charge is -2.15. The van der Waals surface area contributed by atoms with Crippen molar-refractivity contribution in [1.82, 2.24) is 14.5 Å². The zero-order valence-electron chi connectivity index (χ0n) is 18.3. The zero-order valence-corrected chi connectivity index (χ0v) is 19.1. The summed E-state index contributed by atoms with van der Waals surface area (Å²) in [6.07, 6.45) is 5.08. The maximum atomic E-state index is 13.9. The Balaban J connectivity index is 1.67. The van der Waals surface area contributed by atoms with E-state index in [2.05, 4.69) is 4.98 Å². The van der Waals surface area contributed by atoms with Crippen LogP contribution >= 0.6 is 11.3 Å². The van der Waals surface area contributed by atoms with Crippen LogP contribution < -0.4 is 10.3 Å². The minimum atomic E-state index is -0.291. The topological polar surface area (TPSA) is 111 Å². The second kappa shape index (κ2) is 7.96. The van der Waals surface area contributed by atoms with Crippen LogP contribution in [0.1, 0.15) is 35.6 Å². The van der Waals surface area contributed by atoms with E-state index in [4.69, 9.17) is 14.1 Å². The first-order chi connectivity index (χ1) is 16.6. The summed E-state index contributed by atoms with van der Waals surface area (Å²) in [4.78, 5) is 23.4. The molecule has 0 aliphatic heterocycles. The van der Waals surface area contributed by atoms with Crippen molar-refractivity contribution in [3.63, 3.8) is 0 Å². The number of aliphatic hydroxyl groups is 1. The minimum Gasteiger partial charge on any atom is -0.506 e. The molecule has 172 valence electrons. The second-order valence-corrected chi connectivity index (χ2v) is 9.41. The summed E-state index contributed by atoms with van der Waals surface area (Å²) in [6, 6.07) is 9.23. The summed E-state index contributed by atoms with van der Waals surface area (Å²) in [5, 5.41) is 21.3. The molecular weight excluding hydrogens is 454 g/mol. The lowest BCUT2D eigenvalue weighted by Crippen LogP contribution is -2.24. The van der Waals surface area contributed by atoms with Crippen molar-refractivity contribution >= 4 is 31.6 Å². The van der Waals surface area contributed by atoms with Crippen LogP contribution in [0.5, 0.6) is 11.5 Å². The molecule has 0 amide bonds. The highest BCUT2D eigenvalue weighted by Gasteiger charge is 2.29. The van der Waals surface area contributed by atoms with Gasteiger partial charge in [0.1, 0.15) is 27.9 Å². The summed E-state index contributed by atoms with van der Waals surface area (Å²) in [5.74, 6) is 2.21. The van der Waals surface area contributed by atoms with Crippen molar-refractivity contribution in [1.29, 1.82) is 0 Å². The number of nitrogens with zero attached hydrogens (tertiary/aromatic N) is 3. The lowest BCUT2D eigenvalue weighted by molar-refractivity contribution is 0.276. The summed E-state index contributed by atoms with van der Waals surface area (Å²) in [7, 11) is 1.64. The van der Waals surface area contributed by atoms with Gasteiger partial charge in [-0.3, -0.25) is 9.36 Å². The molecule has 0 spiro atoms. The van der Waals surface area contributed by atoms with Crippen LogP contribution in [0.4, 0.5) is 0 Å². The number of hydrogen-bond donors (Lipinski definition) is 2. The number of aromatic nitrogens is 3. The van der Waals surface area contributed by atoms with E-state index in [1.54, 1.807) is 30.0 Å². The number of phenols is 1. The van der Waals surface area contributed by atoms with Crippen LogP contribution in [0.25, 0.3) is 31.7 Å². The van der Waals surface area contributed by atoms with E-state index in [1.807, 2.05) is 18.2 Å². The van der Waals surface area contributed by atoms with Gasteiger partial charge in [-0.2, -0.15) is 0 Å². The molecule has 0 bridgehead atoms. The largest absolute Gasteiger partial charge is 0.506 e. The number of oxazole rings is 1. The second-order valence-electron chi connectivity index (χ2n) is 8.41. The number of thiophene rings is 1. The van der Waals surface area contributed by atoms with E-state index in [9.17, 15) is 15.0 Å². The average molecular weight is 476 g/mol. The fourth-order valence-electron chi connectivity index (χ4n) is 4.41. The van der Waals surface area contributed by atoms with E-state index in [0.717, 1.165) is 29.7 Å². The Labute approximate surface area is 197 Å². The molecule has 1 saturated carbocycles. The first kappa shape index (κ1) is 20.9. The van der Waals surface area contributed by atoms with Gasteiger partial charge < -0.3 is 19.4 Å². The molecule has 3 aromatic heterocycles. The number of benzene rings is 2. The summed E-state index contributed by atoms with van der Waals surface area (Å²) >= 11 is 1.25.